The highest BCUT2D eigenvalue weighted by molar-refractivity contribution is 7.90. The molecule has 1 rings (SSSR count). The fourth-order valence-electron chi connectivity index (χ4n) is 2.54. The van der Waals surface area contributed by atoms with Crippen LogP contribution in [0, 0.1) is 0 Å². The molecule has 0 radical (unpaired) electrons. The minimum absolute atomic E-state index is 0.300. The van der Waals surface area contributed by atoms with Crippen molar-refractivity contribution in [2.45, 2.75) is 45.1 Å². The Bertz CT molecular complexity index is 317. The molecule has 108 valence electrons. The molecule has 1 aliphatic rings. The van der Waals surface area contributed by atoms with Crippen LogP contribution >= 0.6 is 0 Å². The molecule has 1 unspecified atom stereocenters. The van der Waals surface area contributed by atoms with E-state index in [0.717, 1.165) is 13.0 Å². The molecule has 0 bridgehead atoms. The molecule has 0 aliphatic carbocycles. The van der Waals surface area contributed by atoms with Gasteiger partial charge >= 0.3 is 0 Å². The van der Waals surface area contributed by atoms with E-state index < -0.39 is 9.84 Å². The maximum atomic E-state index is 11.0. The predicted molar refractivity (Wildman–Crippen MR) is 76.7 cm³/mol. The van der Waals surface area contributed by atoms with Crippen LogP contribution in [0.3, 0.4) is 0 Å². The Morgan fingerprint density at radius 1 is 1.28 bits per heavy atom. The highest BCUT2D eigenvalue weighted by Crippen LogP contribution is 2.11. The van der Waals surface area contributed by atoms with Crippen molar-refractivity contribution < 1.29 is 8.42 Å². The molecule has 0 aromatic heterocycles. The average molecular weight is 276 g/mol. The molecule has 4 nitrogen and oxygen atoms in total. The summed E-state index contributed by atoms with van der Waals surface area (Å²) in [6, 6.07) is 0.575. The number of sulfone groups is 1. The summed E-state index contributed by atoms with van der Waals surface area (Å²) < 4.78 is 22.0. The number of rotatable bonds is 7. The van der Waals surface area contributed by atoms with E-state index in [9.17, 15) is 8.42 Å². The minimum atomic E-state index is -2.80. The van der Waals surface area contributed by atoms with Crippen LogP contribution in [0.5, 0.6) is 0 Å². The van der Waals surface area contributed by atoms with Gasteiger partial charge in [0.05, 0.1) is 5.75 Å². The van der Waals surface area contributed by atoms with E-state index in [4.69, 9.17) is 0 Å². The second-order valence-electron chi connectivity index (χ2n) is 5.41. The van der Waals surface area contributed by atoms with Crippen molar-refractivity contribution in [1.82, 2.24) is 10.2 Å². The largest absolute Gasteiger partial charge is 0.314 e. The first-order valence-electron chi connectivity index (χ1n) is 7.14. The summed E-state index contributed by atoms with van der Waals surface area (Å²) in [5.74, 6) is 0.300. The van der Waals surface area contributed by atoms with Crippen molar-refractivity contribution in [1.29, 1.82) is 0 Å². The lowest BCUT2D eigenvalue weighted by molar-refractivity contribution is 0.282. The van der Waals surface area contributed by atoms with Gasteiger partial charge in [0.25, 0.3) is 0 Å². The highest BCUT2D eigenvalue weighted by atomic mass is 32.2. The molecule has 0 aromatic carbocycles. The smallest absolute Gasteiger partial charge is 0.147 e. The first-order chi connectivity index (χ1) is 8.51. The molecule has 0 saturated carbocycles. The molecule has 18 heavy (non-hydrogen) atoms. The number of nitrogens with one attached hydrogen (secondary N) is 1. The van der Waals surface area contributed by atoms with Crippen LogP contribution in [0.15, 0.2) is 0 Å². The Kier molecular flexibility index (Phi) is 7.19. The Hall–Kier alpha value is -0.130. The van der Waals surface area contributed by atoms with Gasteiger partial charge in [0.15, 0.2) is 0 Å². The number of hydrogen-bond donors (Lipinski definition) is 1. The Balaban J connectivity index is 2.15. The van der Waals surface area contributed by atoms with E-state index in [1.165, 1.54) is 51.6 Å². The average Bonchev–Trinajstić information content (AvgIpc) is 2.50. The molecule has 5 heteroatoms. The molecule has 0 aromatic rings. The predicted octanol–water partition coefficient (Wildman–Crippen LogP) is 1.28. The SMILES string of the molecule is CCCN1CCCC(NCCCS(C)(=O)=O)CC1. The van der Waals surface area contributed by atoms with Gasteiger partial charge in [-0.2, -0.15) is 0 Å². The lowest BCUT2D eigenvalue weighted by Crippen LogP contribution is -2.32. The van der Waals surface area contributed by atoms with E-state index in [1.54, 1.807) is 0 Å². The summed E-state index contributed by atoms with van der Waals surface area (Å²) in [6.45, 7) is 6.66. The summed E-state index contributed by atoms with van der Waals surface area (Å²) in [4.78, 5) is 2.54. The summed E-state index contributed by atoms with van der Waals surface area (Å²) >= 11 is 0. The van der Waals surface area contributed by atoms with Gasteiger partial charge in [0, 0.05) is 12.3 Å². The van der Waals surface area contributed by atoms with E-state index in [-0.39, 0.29) is 0 Å². The molecule has 0 spiro atoms. The van der Waals surface area contributed by atoms with Gasteiger partial charge in [-0.15, -0.1) is 0 Å². The number of hydrogen-bond acceptors (Lipinski definition) is 4. The zero-order valence-corrected chi connectivity index (χ0v) is 12.6. The molecule has 1 fully saturated rings. The van der Waals surface area contributed by atoms with Gasteiger partial charge in [0.1, 0.15) is 9.84 Å². The lowest BCUT2D eigenvalue weighted by atomic mass is 10.1. The first-order valence-corrected chi connectivity index (χ1v) is 9.21. The van der Waals surface area contributed by atoms with Crippen molar-refractivity contribution in [2.24, 2.45) is 0 Å². The van der Waals surface area contributed by atoms with Gasteiger partial charge in [-0.05, 0) is 58.3 Å². The van der Waals surface area contributed by atoms with Gasteiger partial charge in [0.2, 0.25) is 0 Å². The van der Waals surface area contributed by atoms with Gasteiger partial charge < -0.3 is 10.2 Å². The zero-order chi connectivity index (χ0) is 13.4. The van der Waals surface area contributed by atoms with E-state index in [2.05, 4.69) is 17.1 Å². The molecule has 1 saturated heterocycles. The van der Waals surface area contributed by atoms with Gasteiger partial charge in [-0.1, -0.05) is 6.92 Å². The second kappa shape index (κ2) is 8.12. The third-order valence-electron chi connectivity index (χ3n) is 3.49. The monoisotopic (exact) mass is 276 g/mol. The van der Waals surface area contributed by atoms with Crippen molar-refractivity contribution in [3.8, 4) is 0 Å². The summed E-state index contributed by atoms with van der Waals surface area (Å²) in [7, 11) is -2.80. The molecular formula is C13H28N2O2S. The van der Waals surface area contributed by atoms with Crippen LogP contribution in [0.25, 0.3) is 0 Å². The van der Waals surface area contributed by atoms with E-state index in [1.807, 2.05) is 0 Å². The normalized spacial score (nSPS) is 22.9. The van der Waals surface area contributed by atoms with Crippen molar-refractivity contribution in [2.75, 3.05) is 38.2 Å². The van der Waals surface area contributed by atoms with Crippen LogP contribution in [0.1, 0.15) is 39.0 Å². The third kappa shape index (κ3) is 7.34. The molecule has 1 aliphatic heterocycles. The van der Waals surface area contributed by atoms with E-state index in [0.29, 0.717) is 11.8 Å². The minimum Gasteiger partial charge on any atom is -0.314 e. The van der Waals surface area contributed by atoms with Crippen LogP contribution in [-0.2, 0) is 9.84 Å². The van der Waals surface area contributed by atoms with Crippen LogP contribution in [0.4, 0.5) is 0 Å². The van der Waals surface area contributed by atoms with Gasteiger partial charge in [-0.25, -0.2) is 8.42 Å². The summed E-state index contributed by atoms with van der Waals surface area (Å²) in [5.41, 5.74) is 0. The number of nitrogens with zero attached hydrogens (tertiary/aromatic N) is 1. The van der Waals surface area contributed by atoms with Gasteiger partial charge in [-0.3, -0.25) is 0 Å². The zero-order valence-electron chi connectivity index (χ0n) is 11.8. The molecule has 1 atom stereocenters. The molecule has 1 heterocycles. The molecule has 0 amide bonds. The fraction of sp³-hybridized carbons (Fsp3) is 1.00. The Morgan fingerprint density at radius 2 is 2.06 bits per heavy atom. The lowest BCUT2D eigenvalue weighted by Gasteiger charge is -2.19. The Labute approximate surface area is 112 Å². The Morgan fingerprint density at radius 3 is 2.72 bits per heavy atom. The standard InChI is InChI=1S/C13H28N2O2S/c1-3-9-15-10-4-6-13(7-11-15)14-8-5-12-18(2,16)17/h13-14H,3-12H2,1-2H3. The van der Waals surface area contributed by atoms with Crippen LogP contribution in [-0.4, -0.2) is 57.5 Å². The maximum Gasteiger partial charge on any atom is 0.147 e. The van der Waals surface area contributed by atoms with Crippen molar-refractivity contribution in [3.63, 3.8) is 0 Å². The third-order valence-corrected chi connectivity index (χ3v) is 4.52. The topological polar surface area (TPSA) is 49.4 Å². The molecule has 1 N–H and O–H groups in total. The maximum absolute atomic E-state index is 11.0. The summed E-state index contributed by atoms with van der Waals surface area (Å²) in [6.07, 6.45) is 6.93. The van der Waals surface area contributed by atoms with E-state index >= 15 is 0 Å². The first kappa shape index (κ1) is 15.9. The highest BCUT2D eigenvalue weighted by Gasteiger charge is 2.15. The fourth-order valence-corrected chi connectivity index (χ4v) is 3.21. The summed E-state index contributed by atoms with van der Waals surface area (Å²) in [5, 5.41) is 3.51. The second-order valence-corrected chi connectivity index (χ2v) is 7.67. The van der Waals surface area contributed by atoms with Crippen LogP contribution < -0.4 is 5.32 Å². The van der Waals surface area contributed by atoms with Crippen LogP contribution in [0.2, 0.25) is 0 Å². The molecular weight excluding hydrogens is 248 g/mol. The number of likely N-dealkylation sites (tertiary alicyclic amines) is 1. The van der Waals surface area contributed by atoms with Crippen molar-refractivity contribution in [3.05, 3.63) is 0 Å². The quantitative estimate of drug-likeness (QED) is 0.712. The van der Waals surface area contributed by atoms with Crippen molar-refractivity contribution >= 4 is 9.84 Å².